The number of alkyl halides is 3. The van der Waals surface area contributed by atoms with E-state index in [1.54, 1.807) is 6.33 Å². The highest BCUT2D eigenvalue weighted by molar-refractivity contribution is 5.94. The Kier molecular flexibility index (Phi) is 7.28. The van der Waals surface area contributed by atoms with Crippen molar-refractivity contribution in [1.82, 2.24) is 29.9 Å². The number of pyridine rings is 1. The van der Waals surface area contributed by atoms with E-state index in [0.717, 1.165) is 35.9 Å². The van der Waals surface area contributed by atoms with E-state index in [1.807, 2.05) is 35.9 Å². The topological polar surface area (TPSA) is 98.3 Å². The molecule has 6 rings (SSSR count). The number of nitrogens with zero attached hydrogens (tertiary/aromatic N) is 5. The zero-order valence-corrected chi connectivity index (χ0v) is 20.9. The van der Waals surface area contributed by atoms with Crippen LogP contribution in [0.2, 0.25) is 0 Å². The number of H-pyrrole nitrogens is 1. The van der Waals surface area contributed by atoms with Gasteiger partial charge in [-0.05, 0) is 36.5 Å². The van der Waals surface area contributed by atoms with Gasteiger partial charge in [0.2, 0.25) is 0 Å². The average Bonchev–Trinajstić information content (AvgIpc) is 3.63. The molecule has 1 aromatic carbocycles. The minimum absolute atomic E-state index is 0.0633. The van der Waals surface area contributed by atoms with Gasteiger partial charge in [0.1, 0.15) is 23.5 Å². The van der Waals surface area contributed by atoms with Crippen LogP contribution in [0.1, 0.15) is 80.1 Å². The van der Waals surface area contributed by atoms with Gasteiger partial charge in [-0.3, -0.25) is 5.10 Å². The van der Waals surface area contributed by atoms with Gasteiger partial charge in [0.25, 0.3) is 0 Å². The maximum atomic E-state index is 13.4. The van der Waals surface area contributed by atoms with Crippen LogP contribution in [0.4, 0.5) is 13.2 Å². The van der Waals surface area contributed by atoms with Crippen LogP contribution in [-0.4, -0.2) is 29.9 Å². The zero-order valence-electron chi connectivity index (χ0n) is 20.9. The maximum Gasteiger partial charge on any atom is 0.433 e. The Morgan fingerprint density at radius 3 is 2.38 bits per heavy atom. The Hall–Kier alpha value is -3.27. The Morgan fingerprint density at radius 2 is 1.81 bits per heavy atom. The highest BCUT2D eigenvalue weighted by Crippen LogP contribution is 2.43. The first-order valence-electron chi connectivity index (χ1n) is 13.0. The van der Waals surface area contributed by atoms with Gasteiger partial charge >= 0.3 is 6.18 Å². The number of nitrogens with two attached hydrogens (primary N) is 1. The smallest absolute Gasteiger partial charge is 0.325 e. The molecule has 37 heavy (non-hydrogen) atoms. The summed E-state index contributed by atoms with van der Waals surface area (Å²) in [5, 5.41) is 15.9. The van der Waals surface area contributed by atoms with E-state index in [0.29, 0.717) is 22.5 Å². The maximum absolute atomic E-state index is 13.4. The van der Waals surface area contributed by atoms with Gasteiger partial charge in [-0.2, -0.15) is 18.3 Å². The van der Waals surface area contributed by atoms with Crippen molar-refractivity contribution in [1.29, 1.82) is 0 Å². The molecule has 196 valence electrons. The number of benzene rings is 1. The average molecular weight is 512 g/mol. The molecule has 0 spiro atoms. The molecule has 7 nitrogen and oxygen atoms in total. The Balaban J connectivity index is 0.000000503. The van der Waals surface area contributed by atoms with E-state index in [-0.39, 0.29) is 18.2 Å². The number of hydrogen-bond acceptors (Lipinski definition) is 5. The minimum atomic E-state index is -4.57. The number of fused-ring (bicyclic) bond motifs is 1. The second-order valence-electron chi connectivity index (χ2n) is 10.0. The number of aromatic nitrogens is 6. The molecule has 3 N–H and O–H groups in total. The second kappa shape index (κ2) is 10.6. The first-order chi connectivity index (χ1) is 17.9. The van der Waals surface area contributed by atoms with E-state index in [1.165, 1.54) is 38.5 Å². The number of nitrogens with one attached hydrogen (secondary N) is 1. The van der Waals surface area contributed by atoms with Crippen molar-refractivity contribution in [3.8, 4) is 11.3 Å². The van der Waals surface area contributed by atoms with Crippen LogP contribution in [0.5, 0.6) is 0 Å². The third-order valence-electron chi connectivity index (χ3n) is 7.53. The molecule has 0 amide bonds. The Labute approximate surface area is 213 Å². The molecule has 3 heterocycles. The van der Waals surface area contributed by atoms with Crippen molar-refractivity contribution in [2.75, 3.05) is 0 Å². The summed E-state index contributed by atoms with van der Waals surface area (Å²) in [7, 11) is 1.92. The van der Waals surface area contributed by atoms with Crippen molar-refractivity contribution in [2.24, 2.45) is 18.7 Å². The molecule has 1 atom stereocenters. The molecule has 2 aliphatic carbocycles. The third-order valence-corrected chi connectivity index (χ3v) is 7.53. The van der Waals surface area contributed by atoms with E-state index in [4.69, 9.17) is 5.73 Å². The number of rotatable bonds is 5. The summed E-state index contributed by atoms with van der Waals surface area (Å²) < 4.78 is 42.2. The van der Waals surface area contributed by atoms with E-state index < -0.39 is 11.9 Å². The quantitative estimate of drug-likeness (QED) is 0.337. The lowest BCUT2D eigenvalue weighted by molar-refractivity contribution is -0.141. The Morgan fingerprint density at radius 1 is 1.08 bits per heavy atom. The van der Waals surface area contributed by atoms with Gasteiger partial charge in [-0.25, -0.2) is 4.98 Å². The van der Waals surface area contributed by atoms with Crippen molar-refractivity contribution >= 4 is 10.9 Å². The first kappa shape index (κ1) is 25.4. The zero-order chi connectivity index (χ0) is 26.0. The summed E-state index contributed by atoms with van der Waals surface area (Å²) in [5.41, 5.74) is 7.46. The standard InChI is InChI=1S/C22H22F3N7.C5H10/c1-32-11-27-31-21(32)18(12-4-2-5-12)13-6-3-7-14(8-13)19-15-9-17(22(23,24)25)28-16(10-26)20(15)30-29-19;1-2-4-5-3-1/h3,6-9,11-12,18H,2,4-5,10,26H2,1H3,(H,29,30);1-5H2. The van der Waals surface area contributed by atoms with Gasteiger partial charge in [0.05, 0.1) is 11.2 Å². The third kappa shape index (κ3) is 5.25. The summed E-state index contributed by atoms with van der Waals surface area (Å²) >= 11 is 0. The number of aryl methyl sites for hydroxylation is 1. The summed E-state index contributed by atoms with van der Waals surface area (Å²) in [6, 6.07) is 8.81. The van der Waals surface area contributed by atoms with Gasteiger partial charge in [0.15, 0.2) is 0 Å². The monoisotopic (exact) mass is 511 g/mol. The molecule has 2 aliphatic rings. The minimum Gasteiger partial charge on any atom is -0.325 e. The molecule has 3 aromatic heterocycles. The summed E-state index contributed by atoms with van der Waals surface area (Å²) in [5.74, 6) is 1.40. The van der Waals surface area contributed by atoms with Crippen LogP contribution in [-0.2, 0) is 19.8 Å². The fraction of sp³-hybridized carbons (Fsp3) is 0.481. The SMILES string of the molecule is C1CCCC1.Cn1cnnc1C(c1cccc(-c2n[nH]c3c(CN)nc(C(F)(F)F)cc23)c1)C1CCC1. The fourth-order valence-electron chi connectivity index (χ4n) is 5.34. The van der Waals surface area contributed by atoms with Crippen molar-refractivity contribution < 1.29 is 13.2 Å². The highest BCUT2D eigenvalue weighted by atomic mass is 19.4. The molecule has 0 radical (unpaired) electrons. The largest absolute Gasteiger partial charge is 0.433 e. The normalized spacial score (nSPS) is 16.9. The molecular formula is C27H32F3N7. The Bertz CT molecular complexity index is 1340. The molecule has 4 aromatic rings. The predicted molar refractivity (Wildman–Crippen MR) is 135 cm³/mol. The van der Waals surface area contributed by atoms with Gasteiger partial charge in [-0.15, -0.1) is 10.2 Å². The lowest BCUT2D eigenvalue weighted by Crippen LogP contribution is -2.24. The summed E-state index contributed by atoms with van der Waals surface area (Å²) in [4.78, 5) is 3.69. The molecule has 2 fully saturated rings. The fourth-order valence-corrected chi connectivity index (χ4v) is 5.34. The first-order valence-corrected chi connectivity index (χ1v) is 13.0. The van der Waals surface area contributed by atoms with E-state index in [9.17, 15) is 13.2 Å². The molecule has 0 aliphatic heterocycles. The van der Waals surface area contributed by atoms with E-state index >= 15 is 0 Å². The van der Waals surface area contributed by atoms with Crippen molar-refractivity contribution in [3.05, 3.63) is 59.4 Å². The van der Waals surface area contributed by atoms with Crippen LogP contribution < -0.4 is 5.73 Å². The number of halogens is 3. The molecular weight excluding hydrogens is 479 g/mol. The summed E-state index contributed by atoms with van der Waals surface area (Å²) in [6.45, 7) is -0.127. The van der Waals surface area contributed by atoms with Gasteiger partial charge < -0.3 is 10.3 Å². The molecule has 0 bridgehead atoms. The van der Waals surface area contributed by atoms with Crippen LogP contribution in [0.3, 0.4) is 0 Å². The number of hydrogen-bond donors (Lipinski definition) is 2. The van der Waals surface area contributed by atoms with Crippen LogP contribution in [0, 0.1) is 5.92 Å². The van der Waals surface area contributed by atoms with Crippen molar-refractivity contribution in [3.63, 3.8) is 0 Å². The predicted octanol–water partition coefficient (Wildman–Crippen LogP) is 6.11. The molecule has 0 saturated heterocycles. The lowest BCUT2D eigenvalue weighted by Gasteiger charge is -2.33. The van der Waals surface area contributed by atoms with Crippen LogP contribution in [0.25, 0.3) is 22.2 Å². The lowest BCUT2D eigenvalue weighted by atomic mass is 9.72. The van der Waals surface area contributed by atoms with Gasteiger partial charge in [0, 0.05) is 30.5 Å². The second-order valence-corrected chi connectivity index (χ2v) is 10.0. The molecule has 1 unspecified atom stereocenters. The van der Waals surface area contributed by atoms with E-state index in [2.05, 4.69) is 25.4 Å². The number of aromatic amines is 1. The van der Waals surface area contributed by atoms with Gasteiger partial charge in [-0.1, -0.05) is 56.7 Å². The van der Waals surface area contributed by atoms with Crippen LogP contribution in [0.15, 0.2) is 36.7 Å². The van der Waals surface area contributed by atoms with Crippen LogP contribution >= 0.6 is 0 Å². The molecule has 2 saturated carbocycles. The summed E-state index contributed by atoms with van der Waals surface area (Å²) in [6.07, 6.45) is 8.00. The highest BCUT2D eigenvalue weighted by Gasteiger charge is 2.35. The van der Waals surface area contributed by atoms with Crippen molar-refractivity contribution in [2.45, 2.75) is 70.0 Å². The molecule has 10 heteroatoms.